The number of carbonyl (C=O) groups is 2. The van der Waals surface area contributed by atoms with Crippen molar-refractivity contribution in [1.29, 1.82) is 0 Å². The molecule has 208 valence electrons. The van der Waals surface area contributed by atoms with E-state index in [-0.39, 0.29) is 11.8 Å². The van der Waals surface area contributed by atoms with Crippen molar-refractivity contribution in [3.05, 3.63) is 131 Å². The maximum atomic E-state index is 12.3. The van der Waals surface area contributed by atoms with Crippen molar-refractivity contribution in [1.82, 2.24) is 0 Å². The average Bonchev–Trinajstić information content (AvgIpc) is 2.97. The van der Waals surface area contributed by atoms with E-state index in [2.05, 4.69) is 62.6 Å². The fourth-order valence-corrected chi connectivity index (χ4v) is 4.04. The Labute approximate surface area is 242 Å². The number of anilines is 2. The van der Waals surface area contributed by atoms with Gasteiger partial charge < -0.3 is 15.4 Å². The second kappa shape index (κ2) is 13.9. The zero-order valence-corrected chi connectivity index (χ0v) is 23.9. The minimum atomic E-state index is -0.205. The third-order valence-corrected chi connectivity index (χ3v) is 6.54. The predicted molar refractivity (Wildman–Crippen MR) is 169 cm³/mol. The highest BCUT2D eigenvalue weighted by Crippen LogP contribution is 2.25. The SMILES string of the molecule is CC(C)c1ccc(C=CC(=O)Nc2ccc(Oc3ccc(NC(=O)C=Cc4ccc(C(C)C)cc4)cc3)cc2)cc1. The van der Waals surface area contributed by atoms with Gasteiger partial charge in [0.05, 0.1) is 0 Å². The molecule has 0 aromatic heterocycles. The summed E-state index contributed by atoms with van der Waals surface area (Å²) in [4.78, 5) is 24.7. The maximum absolute atomic E-state index is 12.3. The van der Waals surface area contributed by atoms with Crippen LogP contribution < -0.4 is 15.4 Å². The number of nitrogens with one attached hydrogen (secondary N) is 2. The van der Waals surface area contributed by atoms with E-state index in [0.29, 0.717) is 34.7 Å². The Morgan fingerprint density at radius 3 is 1.20 bits per heavy atom. The Morgan fingerprint density at radius 1 is 0.537 bits per heavy atom. The van der Waals surface area contributed by atoms with Crippen molar-refractivity contribution in [2.75, 3.05) is 10.6 Å². The highest BCUT2D eigenvalue weighted by molar-refractivity contribution is 6.02. The molecule has 0 aliphatic carbocycles. The molecule has 4 aromatic carbocycles. The minimum Gasteiger partial charge on any atom is -0.457 e. The molecule has 0 radical (unpaired) electrons. The van der Waals surface area contributed by atoms with Crippen LogP contribution in [0.2, 0.25) is 0 Å². The van der Waals surface area contributed by atoms with Crippen LogP contribution in [0.1, 0.15) is 61.8 Å². The number of benzene rings is 4. The van der Waals surface area contributed by atoms with Crippen molar-refractivity contribution in [3.8, 4) is 11.5 Å². The molecule has 4 rings (SSSR count). The van der Waals surface area contributed by atoms with Crippen LogP contribution in [0.4, 0.5) is 11.4 Å². The van der Waals surface area contributed by atoms with Crippen LogP contribution >= 0.6 is 0 Å². The van der Waals surface area contributed by atoms with E-state index < -0.39 is 0 Å². The van der Waals surface area contributed by atoms with Crippen LogP contribution in [0.15, 0.2) is 109 Å². The van der Waals surface area contributed by atoms with Gasteiger partial charge in [0.25, 0.3) is 0 Å². The number of carbonyl (C=O) groups excluding carboxylic acids is 2. The number of hydrogen-bond acceptors (Lipinski definition) is 3. The summed E-state index contributed by atoms with van der Waals surface area (Å²) in [7, 11) is 0. The molecule has 0 aliphatic rings. The molecular formula is C36H36N2O3. The molecular weight excluding hydrogens is 508 g/mol. The molecule has 2 amide bonds. The molecule has 0 spiro atoms. The summed E-state index contributed by atoms with van der Waals surface area (Å²) >= 11 is 0. The van der Waals surface area contributed by atoms with Crippen molar-refractivity contribution in [3.63, 3.8) is 0 Å². The Morgan fingerprint density at radius 2 is 0.878 bits per heavy atom. The third kappa shape index (κ3) is 9.07. The van der Waals surface area contributed by atoms with Crippen LogP contribution in [0.5, 0.6) is 11.5 Å². The van der Waals surface area contributed by atoms with Crippen molar-refractivity contribution < 1.29 is 14.3 Å². The van der Waals surface area contributed by atoms with Crippen LogP contribution in [0.3, 0.4) is 0 Å². The second-order valence-electron chi connectivity index (χ2n) is 10.4. The van der Waals surface area contributed by atoms with E-state index in [1.54, 1.807) is 60.7 Å². The van der Waals surface area contributed by atoms with Gasteiger partial charge in [-0.05, 0) is 94.8 Å². The van der Waals surface area contributed by atoms with Crippen LogP contribution in [0, 0.1) is 0 Å². The van der Waals surface area contributed by atoms with E-state index in [0.717, 1.165) is 11.1 Å². The summed E-state index contributed by atoms with van der Waals surface area (Å²) < 4.78 is 5.91. The maximum Gasteiger partial charge on any atom is 0.248 e. The van der Waals surface area contributed by atoms with Gasteiger partial charge in [0.15, 0.2) is 0 Å². The first-order valence-electron chi connectivity index (χ1n) is 13.8. The lowest BCUT2D eigenvalue weighted by atomic mass is 10.0. The smallest absolute Gasteiger partial charge is 0.248 e. The Balaban J connectivity index is 1.24. The topological polar surface area (TPSA) is 67.4 Å². The Kier molecular flexibility index (Phi) is 9.89. The van der Waals surface area contributed by atoms with Gasteiger partial charge in [0.1, 0.15) is 11.5 Å². The fourth-order valence-electron chi connectivity index (χ4n) is 4.04. The molecule has 2 N–H and O–H groups in total. The first-order chi connectivity index (χ1) is 19.7. The van der Waals surface area contributed by atoms with Crippen molar-refractivity contribution in [2.45, 2.75) is 39.5 Å². The third-order valence-electron chi connectivity index (χ3n) is 6.54. The largest absolute Gasteiger partial charge is 0.457 e. The molecule has 0 saturated heterocycles. The first-order valence-corrected chi connectivity index (χ1v) is 13.8. The van der Waals surface area contributed by atoms with Crippen molar-refractivity contribution >= 4 is 35.3 Å². The molecule has 0 bridgehead atoms. The fraction of sp³-hybridized carbons (Fsp3) is 0.167. The summed E-state index contributed by atoms with van der Waals surface area (Å²) in [5.41, 5.74) is 5.83. The van der Waals surface area contributed by atoms with Gasteiger partial charge in [-0.15, -0.1) is 0 Å². The van der Waals surface area contributed by atoms with Gasteiger partial charge in [-0.1, -0.05) is 76.2 Å². The molecule has 0 atom stereocenters. The molecule has 5 heteroatoms. The van der Waals surface area contributed by atoms with Crippen LogP contribution in [0.25, 0.3) is 12.2 Å². The summed E-state index contributed by atoms with van der Waals surface area (Å²) in [6.45, 7) is 8.61. The Bertz CT molecular complexity index is 1380. The molecule has 0 aliphatic heterocycles. The number of hydrogen-bond donors (Lipinski definition) is 2. The van der Waals surface area contributed by atoms with Gasteiger partial charge in [-0.3, -0.25) is 9.59 Å². The first kappa shape index (κ1) is 29.1. The zero-order chi connectivity index (χ0) is 29.2. The lowest BCUT2D eigenvalue weighted by Gasteiger charge is -2.09. The molecule has 0 unspecified atom stereocenters. The monoisotopic (exact) mass is 544 g/mol. The zero-order valence-electron chi connectivity index (χ0n) is 23.9. The Hall–Kier alpha value is -4.90. The molecule has 5 nitrogen and oxygen atoms in total. The van der Waals surface area contributed by atoms with E-state index in [4.69, 9.17) is 4.74 Å². The van der Waals surface area contributed by atoms with Crippen LogP contribution in [-0.4, -0.2) is 11.8 Å². The van der Waals surface area contributed by atoms with Gasteiger partial charge in [-0.2, -0.15) is 0 Å². The summed E-state index contributed by atoms with van der Waals surface area (Å²) in [5.74, 6) is 1.80. The van der Waals surface area contributed by atoms with E-state index in [9.17, 15) is 9.59 Å². The van der Waals surface area contributed by atoms with Gasteiger partial charge in [0.2, 0.25) is 11.8 Å². The summed E-state index contributed by atoms with van der Waals surface area (Å²) in [6.07, 6.45) is 6.64. The number of ether oxygens (including phenoxy) is 1. The summed E-state index contributed by atoms with van der Waals surface area (Å²) in [5, 5.41) is 5.72. The molecule has 0 heterocycles. The van der Waals surface area contributed by atoms with E-state index >= 15 is 0 Å². The van der Waals surface area contributed by atoms with Crippen LogP contribution in [-0.2, 0) is 9.59 Å². The van der Waals surface area contributed by atoms with Crippen molar-refractivity contribution in [2.24, 2.45) is 0 Å². The van der Waals surface area contributed by atoms with Gasteiger partial charge >= 0.3 is 0 Å². The van der Waals surface area contributed by atoms with Gasteiger partial charge in [-0.25, -0.2) is 0 Å². The van der Waals surface area contributed by atoms with E-state index in [1.165, 1.54) is 23.3 Å². The lowest BCUT2D eigenvalue weighted by Crippen LogP contribution is -2.07. The lowest BCUT2D eigenvalue weighted by molar-refractivity contribution is -0.112. The van der Waals surface area contributed by atoms with Gasteiger partial charge in [0, 0.05) is 23.5 Å². The van der Waals surface area contributed by atoms with E-state index in [1.807, 2.05) is 24.3 Å². The molecule has 4 aromatic rings. The highest BCUT2D eigenvalue weighted by Gasteiger charge is 2.04. The standard InChI is InChI=1S/C36H36N2O3/c1-25(2)29-11-5-27(6-12-29)9-23-35(39)37-31-15-19-33(20-16-31)41-34-21-17-32(18-22-34)38-36(40)24-10-28-7-13-30(14-8-28)26(3)4/h5-26H,1-4H3,(H,37,39)(H,38,40). The second-order valence-corrected chi connectivity index (χ2v) is 10.4. The quantitative estimate of drug-likeness (QED) is 0.196. The number of rotatable bonds is 10. The minimum absolute atomic E-state index is 0.205. The molecule has 0 saturated carbocycles. The molecule has 0 fully saturated rings. The molecule has 41 heavy (non-hydrogen) atoms. The normalized spacial score (nSPS) is 11.4. The predicted octanol–water partition coefficient (Wildman–Crippen LogP) is 9.03. The number of amides is 2. The summed E-state index contributed by atoms with van der Waals surface area (Å²) in [6, 6.07) is 30.7. The highest BCUT2D eigenvalue weighted by atomic mass is 16.5. The average molecular weight is 545 g/mol.